The van der Waals surface area contributed by atoms with Crippen molar-refractivity contribution in [1.29, 1.82) is 0 Å². The lowest BCUT2D eigenvalue weighted by molar-refractivity contribution is -0.116. The van der Waals surface area contributed by atoms with Crippen molar-refractivity contribution in [2.75, 3.05) is 6.61 Å². The van der Waals surface area contributed by atoms with E-state index in [0.29, 0.717) is 13.0 Å². The monoisotopic (exact) mass is 192 g/mol. The van der Waals surface area contributed by atoms with E-state index in [2.05, 4.69) is 0 Å². The Morgan fingerprint density at radius 1 is 1.43 bits per heavy atom. The molecular weight excluding hydrogens is 176 g/mol. The van der Waals surface area contributed by atoms with E-state index in [0.717, 1.165) is 17.7 Å². The minimum Gasteiger partial charge on any atom is -0.494 e. The van der Waals surface area contributed by atoms with E-state index >= 15 is 0 Å². The molecule has 0 bridgehead atoms. The maximum Gasteiger partial charge on any atom is 0.130 e. The number of carbonyl (C=O) groups is 1. The summed E-state index contributed by atoms with van der Waals surface area (Å²) in [5.74, 6) is 1.11. The first-order valence-corrected chi connectivity index (χ1v) is 4.93. The fourth-order valence-corrected chi connectivity index (χ4v) is 1.28. The zero-order valence-electron chi connectivity index (χ0n) is 8.75. The number of ether oxygens (including phenoxy) is 1. The third kappa shape index (κ3) is 3.60. The summed E-state index contributed by atoms with van der Waals surface area (Å²) in [5.41, 5.74) is 1.16. The summed E-state index contributed by atoms with van der Waals surface area (Å²) in [7, 11) is 0. The van der Waals surface area contributed by atoms with Crippen molar-refractivity contribution in [3.8, 4) is 5.75 Å². The van der Waals surface area contributed by atoms with Crippen molar-refractivity contribution in [3.63, 3.8) is 0 Å². The first-order chi connectivity index (χ1) is 6.72. The molecule has 0 saturated carbocycles. The number of Topliss-reactive ketones (excluding diaryl/α,β-unsaturated/α-hetero) is 1. The summed E-state index contributed by atoms with van der Waals surface area (Å²) in [6, 6.07) is 7.90. The number of ketones is 1. The van der Waals surface area contributed by atoms with E-state index in [9.17, 15) is 4.79 Å². The second-order valence-corrected chi connectivity index (χ2v) is 3.28. The van der Waals surface area contributed by atoms with Gasteiger partial charge in [0.05, 0.1) is 6.61 Å². The molecule has 0 saturated heterocycles. The number of rotatable bonds is 5. The largest absolute Gasteiger partial charge is 0.494 e. The van der Waals surface area contributed by atoms with E-state index in [4.69, 9.17) is 4.74 Å². The first-order valence-electron chi connectivity index (χ1n) is 4.93. The summed E-state index contributed by atoms with van der Waals surface area (Å²) in [6.07, 6.45) is 1.41. The molecule has 2 nitrogen and oxygen atoms in total. The highest BCUT2D eigenvalue weighted by Crippen LogP contribution is 2.14. The van der Waals surface area contributed by atoms with Gasteiger partial charge < -0.3 is 9.53 Å². The number of carbonyl (C=O) groups excluding carboxylic acids is 1. The molecule has 0 unspecified atom stereocenters. The maximum absolute atomic E-state index is 10.8. The van der Waals surface area contributed by atoms with Crippen molar-refractivity contribution >= 4 is 5.78 Å². The van der Waals surface area contributed by atoms with Crippen LogP contribution in [0.1, 0.15) is 25.8 Å². The molecule has 0 atom stereocenters. The summed E-state index contributed by atoms with van der Waals surface area (Å²) in [6.45, 7) is 4.25. The quantitative estimate of drug-likeness (QED) is 0.716. The van der Waals surface area contributed by atoms with Gasteiger partial charge in [0.1, 0.15) is 11.5 Å². The minimum absolute atomic E-state index is 0.229. The van der Waals surface area contributed by atoms with Crippen LogP contribution in [0.15, 0.2) is 24.3 Å². The predicted octanol–water partition coefficient (Wildman–Crippen LogP) is 2.61. The van der Waals surface area contributed by atoms with Gasteiger partial charge in [-0.25, -0.2) is 0 Å². The van der Waals surface area contributed by atoms with E-state index in [1.165, 1.54) is 0 Å². The number of hydrogen-bond donors (Lipinski definition) is 0. The fourth-order valence-electron chi connectivity index (χ4n) is 1.28. The molecule has 14 heavy (non-hydrogen) atoms. The van der Waals surface area contributed by atoms with Crippen LogP contribution in [0.25, 0.3) is 0 Å². The normalized spacial score (nSPS) is 9.86. The molecule has 0 radical (unpaired) electrons. The second-order valence-electron chi connectivity index (χ2n) is 3.28. The molecule has 1 aromatic rings. The Labute approximate surface area is 84.9 Å². The summed E-state index contributed by atoms with van der Waals surface area (Å²) in [4.78, 5) is 10.8. The van der Waals surface area contributed by atoms with Crippen molar-refractivity contribution < 1.29 is 9.53 Å². The van der Waals surface area contributed by atoms with Gasteiger partial charge in [0, 0.05) is 6.42 Å². The van der Waals surface area contributed by atoms with Gasteiger partial charge in [-0.1, -0.05) is 12.1 Å². The predicted molar refractivity (Wildman–Crippen MR) is 56.6 cm³/mol. The number of aryl methyl sites for hydroxylation is 1. The molecule has 0 heterocycles. The van der Waals surface area contributed by atoms with E-state index in [1.807, 2.05) is 31.2 Å². The zero-order chi connectivity index (χ0) is 10.4. The molecule has 0 aromatic heterocycles. The molecule has 0 aliphatic heterocycles. The number of benzene rings is 1. The molecule has 1 rings (SSSR count). The van der Waals surface area contributed by atoms with Crippen LogP contribution in [0.4, 0.5) is 0 Å². The van der Waals surface area contributed by atoms with Gasteiger partial charge >= 0.3 is 0 Å². The Morgan fingerprint density at radius 2 is 2.21 bits per heavy atom. The molecular formula is C12H16O2. The van der Waals surface area contributed by atoms with E-state index in [1.54, 1.807) is 6.92 Å². The zero-order valence-corrected chi connectivity index (χ0v) is 8.75. The van der Waals surface area contributed by atoms with Crippen LogP contribution in [0, 0.1) is 0 Å². The molecule has 0 spiro atoms. The van der Waals surface area contributed by atoms with E-state index in [-0.39, 0.29) is 5.78 Å². The molecule has 0 amide bonds. The molecule has 0 fully saturated rings. The Morgan fingerprint density at radius 3 is 2.86 bits per heavy atom. The average molecular weight is 192 g/mol. The summed E-state index contributed by atoms with van der Waals surface area (Å²) >= 11 is 0. The molecule has 76 valence electrons. The molecule has 1 aromatic carbocycles. The van der Waals surface area contributed by atoms with Crippen LogP contribution >= 0.6 is 0 Å². The Balaban J connectivity index is 2.58. The summed E-state index contributed by atoms with van der Waals surface area (Å²) in [5, 5.41) is 0. The van der Waals surface area contributed by atoms with Gasteiger partial charge in [-0.3, -0.25) is 0 Å². The third-order valence-electron chi connectivity index (χ3n) is 1.98. The maximum atomic E-state index is 10.8. The lowest BCUT2D eigenvalue weighted by atomic mass is 10.1. The van der Waals surface area contributed by atoms with Crippen molar-refractivity contribution in [3.05, 3.63) is 29.8 Å². The van der Waals surface area contributed by atoms with Crippen molar-refractivity contribution in [2.24, 2.45) is 0 Å². The Bertz CT molecular complexity index is 305. The molecule has 2 heteroatoms. The Hall–Kier alpha value is -1.31. The summed E-state index contributed by atoms with van der Waals surface area (Å²) < 4.78 is 5.37. The average Bonchev–Trinajstić information content (AvgIpc) is 2.16. The SMILES string of the molecule is CCOc1cccc(CCC(C)=O)c1. The van der Waals surface area contributed by atoms with Crippen molar-refractivity contribution in [2.45, 2.75) is 26.7 Å². The van der Waals surface area contributed by atoms with Crippen LogP contribution in [-0.4, -0.2) is 12.4 Å². The van der Waals surface area contributed by atoms with Gasteiger partial charge in [0.25, 0.3) is 0 Å². The molecule has 0 aliphatic rings. The highest BCUT2D eigenvalue weighted by atomic mass is 16.5. The number of hydrogen-bond acceptors (Lipinski definition) is 2. The molecule has 0 N–H and O–H groups in total. The van der Waals surface area contributed by atoms with Crippen molar-refractivity contribution in [1.82, 2.24) is 0 Å². The van der Waals surface area contributed by atoms with Gasteiger partial charge in [-0.15, -0.1) is 0 Å². The van der Waals surface area contributed by atoms with Crippen LogP contribution in [0.2, 0.25) is 0 Å². The Kier molecular flexibility index (Phi) is 4.17. The molecule has 0 aliphatic carbocycles. The van der Waals surface area contributed by atoms with Crippen LogP contribution in [0.3, 0.4) is 0 Å². The van der Waals surface area contributed by atoms with Gasteiger partial charge in [-0.05, 0) is 38.0 Å². The lowest BCUT2D eigenvalue weighted by Gasteiger charge is -2.04. The van der Waals surface area contributed by atoms with Crippen LogP contribution in [0.5, 0.6) is 5.75 Å². The van der Waals surface area contributed by atoms with Gasteiger partial charge in [0.15, 0.2) is 0 Å². The van der Waals surface area contributed by atoms with E-state index < -0.39 is 0 Å². The lowest BCUT2D eigenvalue weighted by Crippen LogP contribution is -1.95. The smallest absolute Gasteiger partial charge is 0.130 e. The van der Waals surface area contributed by atoms with Gasteiger partial charge in [0.2, 0.25) is 0 Å². The fraction of sp³-hybridized carbons (Fsp3) is 0.417. The third-order valence-corrected chi connectivity index (χ3v) is 1.98. The van der Waals surface area contributed by atoms with Crippen LogP contribution in [-0.2, 0) is 11.2 Å². The van der Waals surface area contributed by atoms with Crippen LogP contribution < -0.4 is 4.74 Å². The highest BCUT2D eigenvalue weighted by molar-refractivity contribution is 5.75. The topological polar surface area (TPSA) is 26.3 Å². The standard InChI is InChI=1S/C12H16O2/c1-3-14-12-6-4-5-11(9-12)8-7-10(2)13/h4-6,9H,3,7-8H2,1-2H3. The first kappa shape index (κ1) is 10.8. The van der Waals surface area contributed by atoms with Gasteiger partial charge in [-0.2, -0.15) is 0 Å². The second kappa shape index (κ2) is 5.43. The minimum atomic E-state index is 0.229. The highest BCUT2D eigenvalue weighted by Gasteiger charge is 1.98.